The number of carbonyl (C=O) groups is 1. The normalized spacial score (nSPS) is 13.0. The second kappa shape index (κ2) is 7.86. The van der Waals surface area contributed by atoms with Gasteiger partial charge in [0.1, 0.15) is 23.6 Å². The minimum absolute atomic E-state index is 0.292. The summed E-state index contributed by atoms with van der Waals surface area (Å²) < 4.78 is 5.13. The molecule has 1 aliphatic heterocycles. The highest BCUT2D eigenvalue weighted by Gasteiger charge is 2.20. The summed E-state index contributed by atoms with van der Waals surface area (Å²) in [5, 5.41) is 3.24. The van der Waals surface area contributed by atoms with Crippen molar-refractivity contribution in [2.75, 3.05) is 23.9 Å². The Morgan fingerprint density at radius 1 is 1.18 bits per heavy atom. The van der Waals surface area contributed by atoms with E-state index in [0.717, 1.165) is 25.1 Å². The molecule has 6 nitrogen and oxygen atoms in total. The van der Waals surface area contributed by atoms with Gasteiger partial charge in [0, 0.05) is 24.0 Å². The largest absolute Gasteiger partial charge is 0.495 e. The summed E-state index contributed by atoms with van der Waals surface area (Å²) in [6.45, 7) is 0.850. The molecule has 28 heavy (non-hydrogen) atoms. The van der Waals surface area contributed by atoms with Crippen LogP contribution < -0.4 is 15.0 Å². The van der Waals surface area contributed by atoms with Crippen molar-refractivity contribution in [3.63, 3.8) is 0 Å². The smallest absolute Gasteiger partial charge is 0.274 e. The summed E-state index contributed by atoms with van der Waals surface area (Å²) in [6.07, 6.45) is 3.50. The fourth-order valence-corrected chi connectivity index (χ4v) is 3.59. The highest BCUT2D eigenvalue weighted by atomic mass is 35.5. The maximum Gasteiger partial charge on any atom is 0.274 e. The summed E-state index contributed by atoms with van der Waals surface area (Å²) in [4.78, 5) is 23.3. The molecule has 3 aromatic rings. The number of benzene rings is 2. The zero-order valence-electron chi connectivity index (χ0n) is 15.4. The Labute approximate surface area is 168 Å². The molecule has 1 N–H and O–H groups in total. The lowest BCUT2D eigenvalue weighted by Crippen LogP contribution is -2.26. The summed E-state index contributed by atoms with van der Waals surface area (Å²) in [5.41, 5.74) is 3.27. The van der Waals surface area contributed by atoms with Gasteiger partial charge in [0.2, 0.25) is 0 Å². The number of nitrogens with one attached hydrogen (secondary N) is 1. The number of rotatable bonds is 4. The van der Waals surface area contributed by atoms with Gasteiger partial charge in [-0.2, -0.15) is 0 Å². The van der Waals surface area contributed by atoms with Crippen molar-refractivity contribution < 1.29 is 9.53 Å². The molecule has 1 aromatic heterocycles. The Kier molecular flexibility index (Phi) is 5.12. The van der Waals surface area contributed by atoms with Crippen molar-refractivity contribution in [3.8, 4) is 5.75 Å². The van der Waals surface area contributed by atoms with Crippen molar-refractivity contribution in [3.05, 3.63) is 71.1 Å². The number of aromatic nitrogens is 2. The topological polar surface area (TPSA) is 67.3 Å². The van der Waals surface area contributed by atoms with E-state index >= 15 is 0 Å². The highest BCUT2D eigenvalue weighted by Crippen LogP contribution is 2.32. The van der Waals surface area contributed by atoms with Gasteiger partial charge < -0.3 is 15.0 Å². The Morgan fingerprint density at radius 2 is 2.04 bits per heavy atom. The monoisotopic (exact) mass is 394 g/mol. The lowest BCUT2D eigenvalue weighted by Gasteiger charge is -2.30. The fourth-order valence-electron chi connectivity index (χ4n) is 3.33. The molecule has 0 unspecified atom stereocenters. The van der Waals surface area contributed by atoms with Crippen molar-refractivity contribution in [2.45, 2.75) is 12.8 Å². The average Bonchev–Trinajstić information content (AvgIpc) is 2.73. The molecule has 0 spiro atoms. The first-order chi connectivity index (χ1) is 13.7. The van der Waals surface area contributed by atoms with Crippen LogP contribution in [0.2, 0.25) is 5.02 Å². The van der Waals surface area contributed by atoms with Crippen LogP contribution in [0.5, 0.6) is 5.75 Å². The summed E-state index contributed by atoms with van der Waals surface area (Å²) >= 11 is 6.13. The third kappa shape index (κ3) is 3.64. The second-order valence-electron chi connectivity index (χ2n) is 6.45. The first-order valence-corrected chi connectivity index (χ1v) is 9.36. The van der Waals surface area contributed by atoms with Crippen molar-refractivity contribution in [2.24, 2.45) is 0 Å². The zero-order valence-corrected chi connectivity index (χ0v) is 16.1. The first kappa shape index (κ1) is 18.3. The third-order valence-electron chi connectivity index (χ3n) is 4.68. The maximum atomic E-state index is 12.7. The van der Waals surface area contributed by atoms with Crippen LogP contribution in [0.25, 0.3) is 0 Å². The summed E-state index contributed by atoms with van der Waals surface area (Å²) in [5.74, 6) is 0.933. The molecule has 0 saturated carbocycles. The molecule has 1 aliphatic rings. The van der Waals surface area contributed by atoms with Crippen LogP contribution >= 0.6 is 11.6 Å². The third-order valence-corrected chi connectivity index (χ3v) is 4.98. The van der Waals surface area contributed by atoms with Gasteiger partial charge in [0.25, 0.3) is 5.91 Å². The van der Waals surface area contributed by atoms with Crippen molar-refractivity contribution in [1.82, 2.24) is 9.97 Å². The Morgan fingerprint density at radius 3 is 2.86 bits per heavy atom. The van der Waals surface area contributed by atoms with Gasteiger partial charge in [0.05, 0.1) is 12.1 Å². The van der Waals surface area contributed by atoms with Crippen LogP contribution in [0.4, 0.5) is 17.2 Å². The molecule has 0 fully saturated rings. The van der Waals surface area contributed by atoms with Crippen LogP contribution in [0.15, 0.2) is 54.9 Å². The van der Waals surface area contributed by atoms with Gasteiger partial charge in [-0.25, -0.2) is 9.97 Å². The Hall–Kier alpha value is -3.12. The number of halogens is 1. The number of aryl methyl sites for hydroxylation is 1. The zero-order chi connectivity index (χ0) is 19.5. The molecule has 0 radical (unpaired) electrons. The van der Waals surface area contributed by atoms with Gasteiger partial charge in [-0.1, -0.05) is 29.8 Å². The number of hydrogen-bond donors (Lipinski definition) is 1. The number of amides is 1. The van der Waals surface area contributed by atoms with Crippen LogP contribution in [-0.4, -0.2) is 29.5 Å². The molecule has 0 bridgehead atoms. The fraction of sp³-hybridized carbons (Fsp3) is 0.190. The van der Waals surface area contributed by atoms with Gasteiger partial charge >= 0.3 is 0 Å². The number of methoxy groups -OCH3 is 1. The first-order valence-electron chi connectivity index (χ1n) is 8.98. The molecular formula is C21H19ClN4O2. The number of fused-ring (bicyclic) bond motifs is 1. The second-order valence-corrected chi connectivity index (χ2v) is 6.86. The molecule has 7 heteroatoms. The van der Waals surface area contributed by atoms with Gasteiger partial charge in [-0.3, -0.25) is 4.79 Å². The van der Waals surface area contributed by atoms with E-state index in [1.54, 1.807) is 31.4 Å². The predicted molar refractivity (Wildman–Crippen MR) is 110 cm³/mol. The Balaban J connectivity index is 1.57. The van der Waals surface area contributed by atoms with E-state index in [0.29, 0.717) is 28.0 Å². The van der Waals surface area contributed by atoms with Gasteiger partial charge in [0.15, 0.2) is 0 Å². The molecule has 142 valence electrons. The van der Waals surface area contributed by atoms with Gasteiger partial charge in [-0.15, -0.1) is 0 Å². The van der Waals surface area contributed by atoms with E-state index in [9.17, 15) is 4.79 Å². The van der Waals surface area contributed by atoms with E-state index in [-0.39, 0.29) is 5.91 Å². The van der Waals surface area contributed by atoms with Crippen LogP contribution in [0.3, 0.4) is 0 Å². The van der Waals surface area contributed by atoms with Crippen molar-refractivity contribution in [1.29, 1.82) is 0 Å². The number of ether oxygens (including phenoxy) is 1. The maximum absolute atomic E-state index is 12.7. The molecule has 0 atom stereocenters. The molecule has 0 saturated heterocycles. The number of para-hydroxylation sites is 1. The van der Waals surface area contributed by atoms with Crippen LogP contribution in [0, 0.1) is 0 Å². The SMILES string of the molecule is COc1ccc(NC(=O)c2cc(N3CCCc4ccccc43)ncn2)cc1Cl. The molecule has 1 amide bonds. The number of nitrogens with zero attached hydrogens (tertiary/aromatic N) is 3. The Bertz CT molecular complexity index is 1020. The lowest BCUT2D eigenvalue weighted by atomic mass is 10.0. The summed E-state index contributed by atoms with van der Waals surface area (Å²) in [6, 6.07) is 15.0. The molecule has 2 aromatic carbocycles. The summed E-state index contributed by atoms with van der Waals surface area (Å²) in [7, 11) is 1.54. The number of hydrogen-bond acceptors (Lipinski definition) is 5. The number of carbonyl (C=O) groups excluding carboxylic acids is 1. The lowest BCUT2D eigenvalue weighted by molar-refractivity contribution is 0.102. The van der Waals surface area contributed by atoms with Gasteiger partial charge in [-0.05, 0) is 42.7 Å². The highest BCUT2D eigenvalue weighted by molar-refractivity contribution is 6.32. The minimum atomic E-state index is -0.324. The van der Waals surface area contributed by atoms with E-state index in [1.807, 2.05) is 12.1 Å². The molecule has 4 rings (SSSR count). The molecular weight excluding hydrogens is 376 g/mol. The van der Waals surface area contributed by atoms with E-state index in [4.69, 9.17) is 16.3 Å². The quantitative estimate of drug-likeness (QED) is 0.706. The number of anilines is 3. The van der Waals surface area contributed by atoms with Crippen molar-refractivity contribution >= 4 is 34.7 Å². The molecule has 2 heterocycles. The predicted octanol–water partition coefficient (Wildman–Crippen LogP) is 4.48. The van der Waals surface area contributed by atoms with Crippen LogP contribution in [-0.2, 0) is 6.42 Å². The minimum Gasteiger partial charge on any atom is -0.495 e. The van der Waals surface area contributed by atoms with E-state index in [2.05, 4.69) is 32.3 Å². The standard InChI is InChI=1S/C21H19ClN4O2/c1-28-19-9-8-15(11-16(19)22)25-21(27)17-12-20(24-13-23-17)26-10-4-6-14-5-2-3-7-18(14)26/h2-3,5,7-9,11-13H,4,6,10H2,1H3,(H,25,27). The van der Waals surface area contributed by atoms with E-state index < -0.39 is 0 Å². The average molecular weight is 395 g/mol. The van der Waals surface area contributed by atoms with Crippen LogP contribution in [0.1, 0.15) is 22.5 Å². The molecule has 0 aliphatic carbocycles. The van der Waals surface area contributed by atoms with E-state index in [1.165, 1.54) is 11.9 Å².